The second kappa shape index (κ2) is 3.06. The summed E-state index contributed by atoms with van der Waals surface area (Å²) in [6.45, 7) is 0. The molecule has 4 heteroatoms. The highest BCUT2D eigenvalue weighted by molar-refractivity contribution is 7.08. The number of nitrogens with zero attached hydrogens (tertiary/aromatic N) is 1. The van der Waals surface area contributed by atoms with Gasteiger partial charge in [0.2, 0.25) is 0 Å². The van der Waals surface area contributed by atoms with Crippen LogP contribution >= 0.6 is 22.9 Å². The van der Waals surface area contributed by atoms with Gasteiger partial charge in [-0.2, -0.15) is 11.3 Å². The third-order valence-electron chi connectivity index (χ3n) is 0.917. The van der Waals surface area contributed by atoms with Gasteiger partial charge in [-0.05, 0) is 11.4 Å². The lowest BCUT2D eigenvalue weighted by atomic mass is 10.5. The summed E-state index contributed by atoms with van der Waals surface area (Å²) >= 11 is 6.85. The van der Waals surface area contributed by atoms with Crippen molar-refractivity contribution in [2.75, 3.05) is 11.1 Å². The molecule has 50 valence electrons. The highest BCUT2D eigenvalue weighted by atomic mass is 35.5. The fourth-order valence-electron chi connectivity index (χ4n) is 0.473. The fourth-order valence-corrected chi connectivity index (χ4v) is 1.25. The Morgan fingerprint density at radius 2 is 2.56 bits per heavy atom. The molecule has 0 aliphatic carbocycles. The first-order valence-electron chi connectivity index (χ1n) is 2.39. The molecule has 0 radical (unpaired) electrons. The minimum absolute atomic E-state index is 0.108. The Bertz CT molecular complexity index is 165. The van der Waals surface area contributed by atoms with Crippen molar-refractivity contribution < 1.29 is 5.21 Å². The first kappa shape index (κ1) is 6.86. The summed E-state index contributed by atoms with van der Waals surface area (Å²) in [6.07, 6.45) is 0. The lowest BCUT2D eigenvalue weighted by Crippen LogP contribution is -2.13. The lowest BCUT2D eigenvalue weighted by Gasteiger charge is -2.08. The molecule has 0 fully saturated rings. The summed E-state index contributed by atoms with van der Waals surface area (Å²) in [5.41, 5.74) is 0.745. The number of thiophene rings is 1. The summed E-state index contributed by atoms with van der Waals surface area (Å²) in [6, 6.07) is 1.91. The van der Waals surface area contributed by atoms with Crippen LogP contribution in [0.25, 0.3) is 0 Å². The number of hydrogen-bond acceptors (Lipinski definition) is 3. The Morgan fingerprint density at radius 3 is 3.00 bits per heavy atom. The van der Waals surface area contributed by atoms with Crippen molar-refractivity contribution in [2.45, 2.75) is 0 Å². The zero-order valence-corrected chi connectivity index (χ0v) is 6.19. The SMILES string of the molecule is ON(CCl)c1ccsc1. The Kier molecular flexibility index (Phi) is 2.33. The quantitative estimate of drug-likeness (QED) is 0.410. The molecular formula is C5H6ClNOS. The van der Waals surface area contributed by atoms with Crippen molar-refractivity contribution >= 4 is 28.6 Å². The van der Waals surface area contributed by atoms with Crippen LogP contribution in [0.2, 0.25) is 0 Å². The van der Waals surface area contributed by atoms with Gasteiger partial charge in [0.1, 0.15) is 6.00 Å². The van der Waals surface area contributed by atoms with Crippen LogP contribution in [0.4, 0.5) is 5.69 Å². The van der Waals surface area contributed by atoms with E-state index < -0.39 is 0 Å². The van der Waals surface area contributed by atoms with Gasteiger partial charge in [-0.15, -0.1) is 11.6 Å². The van der Waals surface area contributed by atoms with Crippen molar-refractivity contribution in [3.8, 4) is 0 Å². The summed E-state index contributed by atoms with van der Waals surface area (Å²) in [5.74, 6) is 0. The second-order valence-electron chi connectivity index (χ2n) is 1.50. The highest BCUT2D eigenvalue weighted by Crippen LogP contribution is 2.15. The Balaban J connectivity index is 2.65. The molecule has 1 aromatic rings. The van der Waals surface area contributed by atoms with E-state index in [1.807, 2.05) is 10.8 Å². The van der Waals surface area contributed by atoms with Crippen molar-refractivity contribution in [3.05, 3.63) is 16.8 Å². The van der Waals surface area contributed by atoms with Gasteiger partial charge < -0.3 is 0 Å². The molecule has 1 aromatic heterocycles. The molecule has 0 unspecified atom stereocenters. The van der Waals surface area contributed by atoms with E-state index in [4.69, 9.17) is 16.8 Å². The third kappa shape index (κ3) is 1.58. The monoisotopic (exact) mass is 163 g/mol. The van der Waals surface area contributed by atoms with Gasteiger partial charge >= 0.3 is 0 Å². The van der Waals surface area contributed by atoms with E-state index in [1.165, 1.54) is 11.3 Å². The van der Waals surface area contributed by atoms with Crippen molar-refractivity contribution in [2.24, 2.45) is 0 Å². The van der Waals surface area contributed by atoms with Gasteiger partial charge in [0, 0.05) is 5.38 Å². The minimum atomic E-state index is 0.108. The van der Waals surface area contributed by atoms with E-state index in [2.05, 4.69) is 0 Å². The summed E-state index contributed by atoms with van der Waals surface area (Å²) in [4.78, 5) is 0. The third-order valence-corrected chi connectivity index (χ3v) is 1.81. The van der Waals surface area contributed by atoms with Gasteiger partial charge in [0.15, 0.2) is 0 Å². The van der Waals surface area contributed by atoms with Crippen LogP contribution in [0.15, 0.2) is 16.8 Å². The van der Waals surface area contributed by atoms with Crippen LogP contribution in [0.3, 0.4) is 0 Å². The van der Waals surface area contributed by atoms with Crippen LogP contribution in [-0.2, 0) is 0 Å². The summed E-state index contributed by atoms with van der Waals surface area (Å²) in [7, 11) is 0. The van der Waals surface area contributed by atoms with E-state index in [1.54, 1.807) is 6.07 Å². The Labute approximate surface area is 62.2 Å². The van der Waals surface area contributed by atoms with Gasteiger partial charge in [-0.3, -0.25) is 5.21 Å². The number of hydrogen-bond donors (Lipinski definition) is 1. The molecule has 0 atom stereocenters. The average molecular weight is 164 g/mol. The lowest BCUT2D eigenvalue weighted by molar-refractivity contribution is 0.273. The first-order chi connectivity index (χ1) is 4.34. The first-order valence-corrected chi connectivity index (χ1v) is 3.87. The van der Waals surface area contributed by atoms with E-state index >= 15 is 0 Å². The zero-order valence-electron chi connectivity index (χ0n) is 4.62. The van der Waals surface area contributed by atoms with Gasteiger partial charge in [-0.25, -0.2) is 5.06 Å². The number of anilines is 1. The molecule has 0 aromatic carbocycles. The smallest absolute Gasteiger partial charge is 0.119 e. The van der Waals surface area contributed by atoms with Gasteiger partial charge in [0.05, 0.1) is 5.69 Å². The van der Waals surface area contributed by atoms with E-state index in [-0.39, 0.29) is 6.00 Å². The molecule has 1 rings (SSSR count). The maximum absolute atomic E-state index is 8.93. The maximum Gasteiger partial charge on any atom is 0.119 e. The number of rotatable bonds is 2. The van der Waals surface area contributed by atoms with Crippen molar-refractivity contribution in [3.63, 3.8) is 0 Å². The van der Waals surface area contributed by atoms with Gasteiger partial charge in [0.25, 0.3) is 0 Å². The van der Waals surface area contributed by atoms with E-state index in [9.17, 15) is 0 Å². The molecule has 0 spiro atoms. The molecule has 0 saturated heterocycles. The summed E-state index contributed by atoms with van der Waals surface area (Å²) in [5, 5.41) is 13.6. The van der Waals surface area contributed by atoms with Crippen molar-refractivity contribution in [1.29, 1.82) is 0 Å². The van der Waals surface area contributed by atoms with E-state index in [0.717, 1.165) is 10.8 Å². The highest BCUT2D eigenvalue weighted by Gasteiger charge is 1.97. The predicted molar refractivity (Wildman–Crippen MR) is 39.3 cm³/mol. The molecule has 2 nitrogen and oxygen atoms in total. The van der Waals surface area contributed by atoms with Crippen LogP contribution in [0.5, 0.6) is 0 Å². The fraction of sp³-hybridized carbons (Fsp3) is 0.200. The number of alkyl halides is 1. The molecule has 9 heavy (non-hydrogen) atoms. The Hall–Kier alpha value is -0.250. The van der Waals surface area contributed by atoms with Crippen LogP contribution in [-0.4, -0.2) is 11.2 Å². The molecule has 0 aliphatic heterocycles. The minimum Gasteiger partial charge on any atom is -0.287 e. The van der Waals surface area contributed by atoms with Crippen molar-refractivity contribution in [1.82, 2.24) is 0 Å². The molecular weight excluding hydrogens is 158 g/mol. The Morgan fingerprint density at radius 1 is 1.78 bits per heavy atom. The standard InChI is InChI=1S/C5H6ClNOS/c6-4-7(8)5-1-2-9-3-5/h1-3,8H,4H2. The number of hydroxylamine groups is 1. The average Bonchev–Trinajstić information content (AvgIpc) is 2.37. The number of halogens is 1. The van der Waals surface area contributed by atoms with Crippen LogP contribution in [0, 0.1) is 0 Å². The normalized spacial score (nSPS) is 9.56. The molecule has 0 aliphatic rings. The molecule has 0 saturated carbocycles. The largest absolute Gasteiger partial charge is 0.287 e. The maximum atomic E-state index is 8.93. The van der Waals surface area contributed by atoms with Crippen LogP contribution in [0.1, 0.15) is 0 Å². The molecule has 0 bridgehead atoms. The molecule has 0 amide bonds. The molecule has 1 heterocycles. The van der Waals surface area contributed by atoms with E-state index in [0.29, 0.717) is 0 Å². The summed E-state index contributed by atoms with van der Waals surface area (Å²) < 4.78 is 0. The van der Waals surface area contributed by atoms with Gasteiger partial charge in [-0.1, -0.05) is 0 Å². The zero-order chi connectivity index (χ0) is 6.69. The molecule has 1 N–H and O–H groups in total. The topological polar surface area (TPSA) is 23.5 Å². The second-order valence-corrected chi connectivity index (χ2v) is 2.52. The predicted octanol–water partition coefficient (Wildman–Crippen LogP) is 2.14. The van der Waals surface area contributed by atoms with Crippen LogP contribution < -0.4 is 5.06 Å².